The van der Waals surface area contributed by atoms with E-state index < -0.39 is 0 Å². The molecule has 1 N–H and O–H groups in total. The number of hydrogen-bond donors (Lipinski definition) is 1. The minimum Gasteiger partial charge on any atom is -0.379 e. The highest BCUT2D eigenvalue weighted by Crippen LogP contribution is 2.36. The largest absolute Gasteiger partial charge is 0.379 e. The molecule has 0 bridgehead atoms. The van der Waals surface area contributed by atoms with Crippen molar-refractivity contribution in [2.24, 2.45) is 5.92 Å². The molecule has 0 aromatic heterocycles. The number of nitrogens with zero attached hydrogens (tertiary/aromatic N) is 1. The third-order valence-corrected chi connectivity index (χ3v) is 4.52. The summed E-state index contributed by atoms with van der Waals surface area (Å²) < 4.78 is 5.45. The number of rotatable bonds is 4. The van der Waals surface area contributed by atoms with Gasteiger partial charge in [0.2, 0.25) is 0 Å². The Morgan fingerprint density at radius 2 is 1.88 bits per heavy atom. The highest BCUT2D eigenvalue weighted by atomic mass is 16.5. The maximum absolute atomic E-state index is 5.45. The minimum absolute atomic E-state index is 0.254. The van der Waals surface area contributed by atoms with Crippen LogP contribution in [0.2, 0.25) is 0 Å². The Kier molecular flexibility index (Phi) is 3.88. The SMILES string of the molecule is CNC(C1CCC1)C(C)(C)N1CCOCC1. The highest BCUT2D eigenvalue weighted by Gasteiger charge is 2.41. The van der Waals surface area contributed by atoms with Crippen molar-refractivity contribution in [3.05, 3.63) is 0 Å². The summed E-state index contributed by atoms with van der Waals surface area (Å²) in [7, 11) is 2.12. The molecule has 1 unspecified atom stereocenters. The molecule has 2 rings (SSSR count). The van der Waals surface area contributed by atoms with Crippen LogP contribution in [0, 0.1) is 5.92 Å². The van der Waals surface area contributed by atoms with Crippen molar-refractivity contribution in [1.29, 1.82) is 0 Å². The number of hydrogen-bond acceptors (Lipinski definition) is 3. The van der Waals surface area contributed by atoms with Gasteiger partial charge in [0.25, 0.3) is 0 Å². The zero-order valence-electron chi connectivity index (χ0n) is 11.0. The van der Waals surface area contributed by atoms with Crippen molar-refractivity contribution < 1.29 is 4.74 Å². The topological polar surface area (TPSA) is 24.5 Å². The first kappa shape index (κ1) is 12.3. The Morgan fingerprint density at radius 3 is 2.31 bits per heavy atom. The van der Waals surface area contributed by atoms with Crippen LogP contribution in [0.3, 0.4) is 0 Å². The van der Waals surface area contributed by atoms with Gasteiger partial charge in [-0.3, -0.25) is 4.90 Å². The summed E-state index contributed by atoms with van der Waals surface area (Å²) in [6, 6.07) is 0.624. The van der Waals surface area contributed by atoms with Crippen molar-refractivity contribution in [2.75, 3.05) is 33.4 Å². The first-order valence-corrected chi connectivity index (χ1v) is 6.66. The molecule has 0 amide bonds. The van der Waals surface area contributed by atoms with Gasteiger partial charge in [0.05, 0.1) is 13.2 Å². The molecular formula is C13H26N2O. The molecule has 0 aromatic rings. The predicted octanol–water partition coefficient (Wildman–Crippen LogP) is 1.49. The molecule has 0 radical (unpaired) electrons. The van der Waals surface area contributed by atoms with Crippen LogP contribution < -0.4 is 5.32 Å². The van der Waals surface area contributed by atoms with E-state index in [1.165, 1.54) is 19.3 Å². The van der Waals surface area contributed by atoms with Gasteiger partial charge in [-0.2, -0.15) is 0 Å². The Hall–Kier alpha value is -0.120. The van der Waals surface area contributed by atoms with Crippen LogP contribution >= 0.6 is 0 Å². The molecule has 1 atom stereocenters. The first-order valence-electron chi connectivity index (χ1n) is 6.66. The fraction of sp³-hybridized carbons (Fsp3) is 1.00. The standard InChI is InChI=1S/C13H26N2O/c1-13(2,15-7-9-16-10-8-15)12(14-3)11-5-4-6-11/h11-12,14H,4-10H2,1-3H3. The maximum atomic E-state index is 5.45. The zero-order valence-corrected chi connectivity index (χ0v) is 11.0. The van der Waals surface area contributed by atoms with E-state index in [1.807, 2.05) is 0 Å². The molecule has 94 valence electrons. The fourth-order valence-electron chi connectivity index (χ4n) is 3.28. The minimum atomic E-state index is 0.254. The summed E-state index contributed by atoms with van der Waals surface area (Å²) >= 11 is 0. The molecule has 2 aliphatic rings. The summed E-state index contributed by atoms with van der Waals surface area (Å²) in [6.07, 6.45) is 4.22. The van der Waals surface area contributed by atoms with Gasteiger partial charge >= 0.3 is 0 Å². The second-order valence-corrected chi connectivity index (χ2v) is 5.71. The Bertz CT molecular complexity index is 220. The lowest BCUT2D eigenvalue weighted by Gasteiger charge is -2.50. The number of ether oxygens (including phenoxy) is 1. The normalized spacial score (nSPS) is 26.4. The summed E-state index contributed by atoms with van der Waals surface area (Å²) in [4.78, 5) is 2.59. The lowest BCUT2D eigenvalue weighted by atomic mass is 9.72. The lowest BCUT2D eigenvalue weighted by molar-refractivity contribution is -0.0367. The Labute approximate surface area is 99.5 Å². The van der Waals surface area contributed by atoms with Crippen molar-refractivity contribution in [3.63, 3.8) is 0 Å². The summed E-state index contributed by atoms with van der Waals surface area (Å²) in [5.74, 6) is 0.878. The Balaban J connectivity index is 2.01. The number of morpholine rings is 1. The monoisotopic (exact) mass is 226 g/mol. The van der Waals surface area contributed by atoms with Crippen LogP contribution in [0.25, 0.3) is 0 Å². The van der Waals surface area contributed by atoms with E-state index in [0.29, 0.717) is 6.04 Å². The van der Waals surface area contributed by atoms with Crippen molar-refractivity contribution in [2.45, 2.75) is 44.7 Å². The molecule has 3 heteroatoms. The number of nitrogens with one attached hydrogen (secondary N) is 1. The quantitative estimate of drug-likeness (QED) is 0.786. The van der Waals surface area contributed by atoms with Crippen molar-refractivity contribution in [3.8, 4) is 0 Å². The van der Waals surface area contributed by atoms with Gasteiger partial charge in [-0.25, -0.2) is 0 Å². The molecule has 1 saturated heterocycles. The molecular weight excluding hydrogens is 200 g/mol. The van der Waals surface area contributed by atoms with Crippen molar-refractivity contribution in [1.82, 2.24) is 10.2 Å². The fourth-order valence-corrected chi connectivity index (χ4v) is 3.28. The molecule has 2 fully saturated rings. The second kappa shape index (κ2) is 5.03. The van der Waals surface area contributed by atoms with Gasteiger partial charge in [-0.1, -0.05) is 6.42 Å². The average molecular weight is 226 g/mol. The van der Waals surface area contributed by atoms with E-state index in [-0.39, 0.29) is 5.54 Å². The van der Waals surface area contributed by atoms with Crippen LogP contribution in [0.15, 0.2) is 0 Å². The van der Waals surface area contributed by atoms with Crippen LogP contribution in [-0.4, -0.2) is 49.8 Å². The van der Waals surface area contributed by atoms with Gasteiger partial charge in [-0.05, 0) is 39.7 Å². The Morgan fingerprint density at radius 1 is 1.25 bits per heavy atom. The average Bonchev–Trinajstić information content (AvgIpc) is 2.24. The third kappa shape index (κ3) is 2.27. The first-order chi connectivity index (χ1) is 7.66. The van der Waals surface area contributed by atoms with Crippen LogP contribution in [-0.2, 0) is 4.74 Å². The number of likely N-dealkylation sites (N-methyl/N-ethyl adjacent to an activating group) is 1. The van der Waals surface area contributed by atoms with Gasteiger partial charge in [0, 0.05) is 24.7 Å². The smallest absolute Gasteiger partial charge is 0.0594 e. The van der Waals surface area contributed by atoms with Crippen LogP contribution in [0.4, 0.5) is 0 Å². The molecule has 1 aliphatic heterocycles. The van der Waals surface area contributed by atoms with Crippen LogP contribution in [0.5, 0.6) is 0 Å². The molecule has 0 spiro atoms. The highest BCUT2D eigenvalue weighted by molar-refractivity contribution is 4.99. The third-order valence-electron chi connectivity index (χ3n) is 4.52. The summed E-state index contributed by atoms with van der Waals surface area (Å²) in [5, 5.41) is 3.56. The molecule has 0 aromatic carbocycles. The summed E-state index contributed by atoms with van der Waals surface area (Å²) in [5.41, 5.74) is 0.254. The van der Waals surface area contributed by atoms with E-state index >= 15 is 0 Å². The van der Waals surface area contributed by atoms with E-state index in [1.54, 1.807) is 0 Å². The maximum Gasteiger partial charge on any atom is 0.0594 e. The van der Waals surface area contributed by atoms with Gasteiger partial charge in [-0.15, -0.1) is 0 Å². The summed E-state index contributed by atoms with van der Waals surface area (Å²) in [6.45, 7) is 8.72. The second-order valence-electron chi connectivity index (χ2n) is 5.71. The van der Waals surface area contributed by atoms with Gasteiger partial charge < -0.3 is 10.1 Å². The molecule has 16 heavy (non-hydrogen) atoms. The molecule has 1 saturated carbocycles. The predicted molar refractivity (Wildman–Crippen MR) is 66.7 cm³/mol. The van der Waals surface area contributed by atoms with E-state index in [2.05, 4.69) is 31.1 Å². The molecule has 3 nitrogen and oxygen atoms in total. The van der Waals surface area contributed by atoms with E-state index in [9.17, 15) is 0 Å². The lowest BCUT2D eigenvalue weighted by Crippen LogP contribution is -2.62. The molecule has 1 heterocycles. The van der Waals surface area contributed by atoms with Crippen molar-refractivity contribution >= 4 is 0 Å². The molecule has 1 aliphatic carbocycles. The zero-order chi connectivity index (χ0) is 11.6. The van der Waals surface area contributed by atoms with Gasteiger partial charge in [0.15, 0.2) is 0 Å². The van der Waals surface area contributed by atoms with E-state index in [0.717, 1.165) is 32.2 Å². The van der Waals surface area contributed by atoms with E-state index in [4.69, 9.17) is 4.74 Å². The van der Waals surface area contributed by atoms with Gasteiger partial charge in [0.1, 0.15) is 0 Å². The van der Waals surface area contributed by atoms with Crippen LogP contribution in [0.1, 0.15) is 33.1 Å².